The molecule has 3 aromatic rings. The largest absolute Gasteiger partial charge is 0.494 e. The van der Waals surface area contributed by atoms with Gasteiger partial charge in [-0.2, -0.15) is 0 Å². The topological polar surface area (TPSA) is 65.2 Å². The highest BCUT2D eigenvalue weighted by atomic mass is 16.5. The summed E-state index contributed by atoms with van der Waals surface area (Å²) in [6, 6.07) is 4.31. The second kappa shape index (κ2) is 6.84. The van der Waals surface area contributed by atoms with Gasteiger partial charge in [-0.05, 0) is 62.5 Å². The molecule has 7 heteroatoms. The van der Waals surface area contributed by atoms with Crippen LogP contribution < -0.4 is 4.74 Å². The molecule has 7 nitrogen and oxygen atoms in total. The zero-order chi connectivity index (χ0) is 22.4. The Kier molecular flexibility index (Phi) is 4.07. The van der Waals surface area contributed by atoms with Gasteiger partial charge in [-0.1, -0.05) is 6.42 Å². The second-order valence-electron chi connectivity index (χ2n) is 10.5. The van der Waals surface area contributed by atoms with Crippen LogP contribution in [0.3, 0.4) is 0 Å². The molecule has 1 saturated heterocycles. The normalized spacial score (nSPS) is 27.8. The molecular weight excluding hydrogens is 414 g/mol. The number of aromatic nitrogens is 4. The van der Waals surface area contributed by atoms with Crippen molar-refractivity contribution in [3.8, 4) is 17.3 Å². The Morgan fingerprint density at radius 1 is 1.21 bits per heavy atom. The molecule has 3 aliphatic carbocycles. The molecule has 33 heavy (non-hydrogen) atoms. The lowest BCUT2D eigenvalue weighted by atomic mass is 9.53. The van der Waals surface area contributed by atoms with Crippen molar-refractivity contribution in [1.29, 1.82) is 0 Å². The SMILES string of the molecule is CCn1c(-c2nc3cc(C(=O)N4C[C@H]5CC6C[C@@H]4[C@H]65)cc(OC)c3n2C)cnc1C1CCC1. The van der Waals surface area contributed by atoms with Crippen LogP contribution in [0, 0.1) is 17.8 Å². The van der Waals surface area contributed by atoms with Crippen LogP contribution in [0.5, 0.6) is 5.75 Å². The molecule has 172 valence electrons. The fourth-order valence-corrected chi connectivity index (χ4v) is 7.08. The van der Waals surface area contributed by atoms with Crippen molar-refractivity contribution in [2.45, 2.75) is 57.5 Å². The molecule has 0 radical (unpaired) electrons. The molecule has 1 unspecified atom stereocenters. The van der Waals surface area contributed by atoms with Crippen LogP contribution in [0.1, 0.15) is 61.1 Å². The Bertz CT molecular complexity index is 1290. The molecule has 7 rings (SSSR count). The fraction of sp³-hybridized carbons (Fsp3) is 0.577. The minimum absolute atomic E-state index is 0.131. The van der Waals surface area contributed by atoms with Crippen LogP contribution in [0.4, 0.5) is 0 Å². The molecule has 1 amide bonds. The number of nitrogens with zero attached hydrogens (tertiary/aromatic N) is 5. The third-order valence-electron chi connectivity index (χ3n) is 9.08. The minimum Gasteiger partial charge on any atom is -0.494 e. The van der Waals surface area contributed by atoms with Gasteiger partial charge in [0.1, 0.15) is 22.8 Å². The zero-order valence-electron chi connectivity index (χ0n) is 19.6. The number of ether oxygens (including phenoxy) is 1. The van der Waals surface area contributed by atoms with Crippen LogP contribution >= 0.6 is 0 Å². The van der Waals surface area contributed by atoms with Gasteiger partial charge in [-0.15, -0.1) is 0 Å². The van der Waals surface area contributed by atoms with Gasteiger partial charge in [0.25, 0.3) is 5.91 Å². The summed E-state index contributed by atoms with van der Waals surface area (Å²) in [6.07, 6.45) is 8.19. The van der Waals surface area contributed by atoms with Crippen molar-refractivity contribution in [3.05, 3.63) is 29.7 Å². The van der Waals surface area contributed by atoms with Gasteiger partial charge in [0, 0.05) is 37.7 Å². The number of benzene rings is 1. The van der Waals surface area contributed by atoms with Gasteiger partial charge in [0.15, 0.2) is 5.82 Å². The minimum atomic E-state index is 0.131. The molecule has 0 bridgehead atoms. The Morgan fingerprint density at radius 2 is 2.06 bits per heavy atom. The number of methoxy groups -OCH3 is 1. The van der Waals surface area contributed by atoms with E-state index in [9.17, 15) is 4.79 Å². The average Bonchev–Trinajstić information content (AvgIpc) is 3.32. The van der Waals surface area contributed by atoms with Crippen LogP contribution in [0.2, 0.25) is 0 Å². The number of carbonyl (C=O) groups is 1. The average molecular weight is 446 g/mol. The number of carbonyl (C=O) groups excluding carboxylic acids is 1. The molecule has 1 aliphatic heterocycles. The van der Waals surface area contributed by atoms with E-state index >= 15 is 0 Å². The number of likely N-dealkylation sites (tertiary alicyclic amines) is 1. The number of fused-ring (bicyclic) bond motifs is 1. The molecule has 4 fully saturated rings. The number of hydrogen-bond donors (Lipinski definition) is 0. The van der Waals surface area contributed by atoms with Gasteiger partial charge in [0.05, 0.1) is 18.8 Å². The lowest BCUT2D eigenvalue weighted by molar-refractivity contribution is -0.0204. The van der Waals surface area contributed by atoms with Gasteiger partial charge >= 0.3 is 0 Å². The summed E-state index contributed by atoms with van der Waals surface area (Å²) >= 11 is 0. The molecule has 4 atom stereocenters. The lowest BCUT2D eigenvalue weighted by Crippen LogP contribution is -2.53. The lowest BCUT2D eigenvalue weighted by Gasteiger charge is -2.52. The summed E-state index contributed by atoms with van der Waals surface area (Å²) in [5.41, 5.74) is 3.44. The molecule has 1 aromatic carbocycles. The highest BCUT2D eigenvalue weighted by Crippen LogP contribution is 2.60. The van der Waals surface area contributed by atoms with E-state index in [2.05, 4.69) is 21.0 Å². The van der Waals surface area contributed by atoms with Crippen molar-refractivity contribution < 1.29 is 9.53 Å². The third kappa shape index (κ3) is 2.53. The Labute approximate surface area is 193 Å². The van der Waals surface area contributed by atoms with E-state index in [1.54, 1.807) is 7.11 Å². The quantitative estimate of drug-likeness (QED) is 0.590. The van der Waals surface area contributed by atoms with Crippen molar-refractivity contribution in [2.75, 3.05) is 13.7 Å². The molecular formula is C26H31N5O2. The first-order chi connectivity index (χ1) is 16.1. The van der Waals surface area contributed by atoms with E-state index in [0.717, 1.165) is 53.4 Å². The summed E-state index contributed by atoms with van der Waals surface area (Å²) < 4.78 is 10.2. The summed E-state index contributed by atoms with van der Waals surface area (Å²) in [4.78, 5) is 25.4. The second-order valence-corrected chi connectivity index (χ2v) is 10.5. The number of rotatable bonds is 5. The summed E-state index contributed by atoms with van der Waals surface area (Å²) in [5, 5.41) is 0. The standard InChI is InChI=1S/C26H31N5O2/c1-4-30-20(12-27-24(30)14-6-5-7-14)25-28-18-9-16(11-21(33-3)23(18)29(25)2)26(32)31-13-17-8-15-10-19(31)22(15)17/h9,11-12,14-15,17,19,22H,4-8,10,13H2,1-3H3/t15?,17-,19-,22-/m1/s1. The van der Waals surface area contributed by atoms with Crippen molar-refractivity contribution >= 4 is 16.9 Å². The molecule has 0 N–H and O–H groups in total. The van der Waals surface area contributed by atoms with Crippen molar-refractivity contribution in [2.24, 2.45) is 24.8 Å². The molecule has 0 spiro atoms. The predicted molar refractivity (Wildman–Crippen MR) is 125 cm³/mol. The molecule has 4 aliphatic rings. The van der Waals surface area contributed by atoms with Gasteiger partial charge < -0.3 is 18.8 Å². The van der Waals surface area contributed by atoms with Gasteiger partial charge in [0.2, 0.25) is 0 Å². The number of imidazole rings is 2. The van der Waals surface area contributed by atoms with Crippen LogP contribution in [0.25, 0.3) is 22.6 Å². The maximum Gasteiger partial charge on any atom is 0.254 e. The van der Waals surface area contributed by atoms with E-state index in [4.69, 9.17) is 14.7 Å². The smallest absolute Gasteiger partial charge is 0.254 e. The van der Waals surface area contributed by atoms with Crippen LogP contribution in [0.15, 0.2) is 18.3 Å². The first kappa shape index (κ1) is 19.6. The van der Waals surface area contributed by atoms with E-state index in [1.807, 2.05) is 25.4 Å². The van der Waals surface area contributed by atoms with Crippen LogP contribution in [-0.4, -0.2) is 49.6 Å². The van der Waals surface area contributed by atoms with E-state index < -0.39 is 0 Å². The van der Waals surface area contributed by atoms with Crippen molar-refractivity contribution in [1.82, 2.24) is 24.0 Å². The van der Waals surface area contributed by atoms with Crippen molar-refractivity contribution in [3.63, 3.8) is 0 Å². The summed E-state index contributed by atoms with van der Waals surface area (Å²) in [6.45, 7) is 3.95. The first-order valence-electron chi connectivity index (χ1n) is 12.5. The molecule has 3 heterocycles. The first-order valence-corrected chi connectivity index (χ1v) is 12.5. The molecule has 2 aromatic heterocycles. The van der Waals surface area contributed by atoms with E-state index in [1.165, 1.54) is 37.9 Å². The Morgan fingerprint density at radius 3 is 2.73 bits per heavy atom. The van der Waals surface area contributed by atoms with Crippen LogP contribution in [-0.2, 0) is 13.6 Å². The highest BCUT2D eigenvalue weighted by molar-refractivity contribution is 6.00. The van der Waals surface area contributed by atoms with Gasteiger partial charge in [-0.3, -0.25) is 4.79 Å². The number of aryl methyl sites for hydroxylation is 1. The molecule has 3 saturated carbocycles. The predicted octanol–water partition coefficient (Wildman–Crippen LogP) is 4.21. The van der Waals surface area contributed by atoms with Gasteiger partial charge in [-0.25, -0.2) is 9.97 Å². The number of hydrogen-bond acceptors (Lipinski definition) is 4. The third-order valence-corrected chi connectivity index (χ3v) is 9.08. The van der Waals surface area contributed by atoms with E-state index in [0.29, 0.717) is 23.3 Å². The monoisotopic (exact) mass is 445 g/mol. The highest BCUT2D eigenvalue weighted by Gasteiger charge is 2.61. The number of amides is 1. The summed E-state index contributed by atoms with van der Waals surface area (Å²) in [5.74, 6) is 5.81. The maximum atomic E-state index is 13.5. The summed E-state index contributed by atoms with van der Waals surface area (Å²) in [7, 11) is 3.70. The Balaban J connectivity index is 1.30. The maximum absolute atomic E-state index is 13.5. The van der Waals surface area contributed by atoms with E-state index in [-0.39, 0.29) is 5.91 Å². The fourth-order valence-electron chi connectivity index (χ4n) is 7.08. The Hall–Kier alpha value is -2.83. The zero-order valence-corrected chi connectivity index (χ0v) is 19.6.